The van der Waals surface area contributed by atoms with Crippen molar-refractivity contribution in [2.24, 2.45) is 5.10 Å². The van der Waals surface area contributed by atoms with Gasteiger partial charge in [-0.15, -0.1) is 0 Å². The number of para-hydroxylation sites is 1. The van der Waals surface area contributed by atoms with Crippen LogP contribution in [0.3, 0.4) is 0 Å². The fraction of sp³-hybridized carbons (Fsp3) is 0.304. The number of fused-ring (bicyclic) bond motifs is 3. The Bertz CT molecular complexity index is 1040. The topological polar surface area (TPSA) is 79.6 Å². The Balaban J connectivity index is 1.56. The van der Waals surface area contributed by atoms with E-state index in [1.165, 1.54) is 0 Å². The number of carbonyl (C=O) groups is 1. The number of rotatable bonds is 1. The molecule has 1 saturated heterocycles. The fourth-order valence-electron chi connectivity index (χ4n) is 4.22. The maximum absolute atomic E-state index is 13.3. The summed E-state index contributed by atoms with van der Waals surface area (Å²) in [6.45, 7) is 3.03. The van der Waals surface area contributed by atoms with Gasteiger partial charge in [0.1, 0.15) is 5.71 Å². The second kappa shape index (κ2) is 7.27. The van der Waals surface area contributed by atoms with Crippen molar-refractivity contribution in [2.75, 3.05) is 23.0 Å². The molecule has 0 bridgehead atoms. The Morgan fingerprint density at radius 2 is 1.80 bits per heavy atom. The molecule has 3 aliphatic rings. The van der Waals surface area contributed by atoms with E-state index in [2.05, 4.69) is 0 Å². The van der Waals surface area contributed by atoms with Gasteiger partial charge in [0.05, 0.1) is 17.5 Å². The summed E-state index contributed by atoms with van der Waals surface area (Å²) in [5.74, 6) is 0. The highest BCUT2D eigenvalue weighted by molar-refractivity contribution is 6.22. The van der Waals surface area contributed by atoms with Crippen molar-refractivity contribution >= 4 is 23.1 Å². The van der Waals surface area contributed by atoms with Crippen molar-refractivity contribution in [2.45, 2.75) is 32.1 Å². The molecule has 0 saturated carbocycles. The number of benzene rings is 2. The average Bonchev–Trinajstić information content (AvgIpc) is 3.10. The normalized spacial score (nSPS) is 21.2. The lowest BCUT2D eigenvalue weighted by Crippen LogP contribution is -2.47. The van der Waals surface area contributed by atoms with Gasteiger partial charge in [0.15, 0.2) is 6.23 Å². The standard InChI is InChI=1S/C23H24N4O3/c1-15-7-8-20-18(13-15)21-19(22(29)27(24-21)16-5-3-2-4-6-16)14-26(20)23(30)25-11-9-17(28)10-12-25/h2-8,13-14,17,22,28-29H,9-12H2,1H3. The molecule has 0 spiro atoms. The number of amides is 2. The summed E-state index contributed by atoms with van der Waals surface area (Å²) in [6.07, 6.45) is 1.53. The minimum atomic E-state index is -0.977. The van der Waals surface area contributed by atoms with Gasteiger partial charge in [0, 0.05) is 30.4 Å². The molecule has 7 heteroatoms. The molecule has 154 valence electrons. The van der Waals surface area contributed by atoms with Gasteiger partial charge < -0.3 is 15.1 Å². The zero-order valence-corrected chi connectivity index (χ0v) is 16.8. The molecule has 3 heterocycles. The third-order valence-electron chi connectivity index (χ3n) is 5.89. The van der Waals surface area contributed by atoms with Crippen molar-refractivity contribution in [3.63, 3.8) is 0 Å². The summed E-state index contributed by atoms with van der Waals surface area (Å²) < 4.78 is 0. The zero-order valence-electron chi connectivity index (χ0n) is 16.8. The number of nitrogens with zero attached hydrogens (tertiary/aromatic N) is 4. The highest BCUT2D eigenvalue weighted by Gasteiger charge is 2.39. The molecule has 2 N–H and O–H groups in total. The highest BCUT2D eigenvalue weighted by atomic mass is 16.3. The number of hydrogen-bond donors (Lipinski definition) is 2. The van der Waals surface area contributed by atoms with Crippen LogP contribution in [0.2, 0.25) is 0 Å². The molecular weight excluding hydrogens is 380 g/mol. The first-order valence-electron chi connectivity index (χ1n) is 10.2. The quantitative estimate of drug-likeness (QED) is 0.766. The van der Waals surface area contributed by atoms with Crippen molar-refractivity contribution in [1.29, 1.82) is 0 Å². The molecule has 3 aliphatic heterocycles. The molecular formula is C23H24N4O3. The number of carbonyl (C=O) groups excluding carboxylic acids is 1. The molecule has 1 fully saturated rings. The lowest BCUT2D eigenvalue weighted by molar-refractivity contribution is 0.0959. The molecule has 5 rings (SSSR count). The van der Waals surface area contributed by atoms with E-state index in [-0.39, 0.29) is 12.1 Å². The van der Waals surface area contributed by atoms with Crippen LogP contribution in [0.15, 0.2) is 65.4 Å². The highest BCUT2D eigenvalue weighted by Crippen LogP contribution is 2.38. The number of hydrazone groups is 1. The summed E-state index contributed by atoms with van der Waals surface area (Å²) in [5.41, 5.74) is 4.70. The SMILES string of the molecule is Cc1ccc2c(c1)C1=NN(c3ccccc3)C(O)C1=CN2C(=O)N1CCC(O)CC1. The maximum Gasteiger partial charge on any atom is 0.328 e. The smallest absolute Gasteiger partial charge is 0.328 e. The maximum atomic E-state index is 13.3. The minimum Gasteiger partial charge on any atom is -0.393 e. The molecule has 1 atom stereocenters. The lowest BCUT2D eigenvalue weighted by Gasteiger charge is -2.35. The number of aryl methyl sites for hydroxylation is 1. The number of anilines is 2. The van der Waals surface area contributed by atoms with E-state index in [0.717, 1.165) is 22.5 Å². The fourth-order valence-corrected chi connectivity index (χ4v) is 4.22. The van der Waals surface area contributed by atoms with E-state index in [0.29, 0.717) is 37.2 Å². The van der Waals surface area contributed by atoms with Crippen molar-refractivity contribution in [1.82, 2.24) is 4.90 Å². The van der Waals surface area contributed by atoms with Crippen LogP contribution in [-0.4, -0.2) is 52.3 Å². The summed E-state index contributed by atoms with van der Waals surface area (Å²) in [7, 11) is 0. The number of likely N-dealkylation sites (tertiary alicyclic amines) is 1. The number of aliphatic hydroxyl groups excluding tert-OH is 2. The van der Waals surface area contributed by atoms with Crippen molar-refractivity contribution in [3.8, 4) is 0 Å². The number of urea groups is 1. The molecule has 2 amide bonds. The Morgan fingerprint density at radius 1 is 1.07 bits per heavy atom. The summed E-state index contributed by atoms with van der Waals surface area (Å²) in [5, 5.41) is 27.1. The van der Waals surface area contributed by atoms with Crippen molar-refractivity contribution in [3.05, 3.63) is 71.4 Å². The second-order valence-electron chi connectivity index (χ2n) is 7.98. The summed E-state index contributed by atoms with van der Waals surface area (Å²) in [6, 6.07) is 15.3. The van der Waals surface area contributed by atoms with Gasteiger partial charge in [-0.3, -0.25) is 4.90 Å². The van der Waals surface area contributed by atoms with Gasteiger partial charge in [0.2, 0.25) is 0 Å². The average molecular weight is 404 g/mol. The molecule has 0 aliphatic carbocycles. The van der Waals surface area contributed by atoms with Gasteiger partial charge in [-0.2, -0.15) is 5.10 Å². The van der Waals surface area contributed by atoms with Crippen LogP contribution in [0.4, 0.5) is 16.2 Å². The van der Waals surface area contributed by atoms with E-state index >= 15 is 0 Å². The first-order valence-corrected chi connectivity index (χ1v) is 10.2. The molecule has 0 aromatic heterocycles. The van der Waals surface area contributed by atoms with E-state index in [4.69, 9.17) is 5.10 Å². The predicted octanol–water partition coefficient (Wildman–Crippen LogP) is 2.82. The first-order chi connectivity index (χ1) is 14.5. The van der Waals surface area contributed by atoms with Gasteiger partial charge in [-0.25, -0.2) is 9.80 Å². The monoisotopic (exact) mass is 404 g/mol. The van der Waals surface area contributed by atoms with Crippen molar-refractivity contribution < 1.29 is 15.0 Å². The second-order valence-corrected chi connectivity index (χ2v) is 7.98. The van der Waals surface area contributed by atoms with E-state index in [9.17, 15) is 15.0 Å². The Labute approximate surface area is 175 Å². The molecule has 2 aromatic carbocycles. The Morgan fingerprint density at radius 3 is 2.53 bits per heavy atom. The van der Waals surface area contributed by atoms with E-state index in [1.807, 2.05) is 55.5 Å². The molecule has 2 aromatic rings. The van der Waals surface area contributed by atoms with E-state index < -0.39 is 6.23 Å². The largest absolute Gasteiger partial charge is 0.393 e. The number of piperidine rings is 1. The molecule has 1 unspecified atom stereocenters. The first kappa shape index (κ1) is 18.8. The van der Waals surface area contributed by atoms with Crippen LogP contribution in [0.5, 0.6) is 0 Å². The van der Waals surface area contributed by atoms with Gasteiger partial charge in [-0.05, 0) is 44.0 Å². The van der Waals surface area contributed by atoms with E-state index in [1.54, 1.807) is 21.0 Å². The lowest BCUT2D eigenvalue weighted by atomic mass is 9.95. The summed E-state index contributed by atoms with van der Waals surface area (Å²) in [4.78, 5) is 16.7. The molecule has 0 radical (unpaired) electrons. The Hall–Kier alpha value is -3.16. The Kier molecular flexibility index (Phi) is 4.56. The van der Waals surface area contributed by atoms with Crippen LogP contribution >= 0.6 is 0 Å². The predicted molar refractivity (Wildman–Crippen MR) is 115 cm³/mol. The van der Waals surface area contributed by atoms with Crippen LogP contribution < -0.4 is 9.91 Å². The molecule has 30 heavy (non-hydrogen) atoms. The van der Waals surface area contributed by atoms with Crippen LogP contribution in [0, 0.1) is 6.92 Å². The van der Waals surface area contributed by atoms with Gasteiger partial charge in [0.25, 0.3) is 0 Å². The van der Waals surface area contributed by atoms with Gasteiger partial charge in [-0.1, -0.05) is 29.8 Å². The third kappa shape index (κ3) is 3.07. The molecule has 7 nitrogen and oxygen atoms in total. The minimum absolute atomic E-state index is 0.149. The van der Waals surface area contributed by atoms with Crippen LogP contribution in [-0.2, 0) is 0 Å². The number of aliphatic hydroxyl groups is 2. The zero-order chi connectivity index (χ0) is 20.8. The number of hydrogen-bond acceptors (Lipinski definition) is 5. The third-order valence-corrected chi connectivity index (χ3v) is 5.89. The van der Waals surface area contributed by atoms with Crippen LogP contribution in [0.1, 0.15) is 24.0 Å². The summed E-state index contributed by atoms with van der Waals surface area (Å²) >= 11 is 0. The van der Waals surface area contributed by atoms with Gasteiger partial charge >= 0.3 is 6.03 Å². The van der Waals surface area contributed by atoms with Crippen LogP contribution in [0.25, 0.3) is 0 Å².